The number of aryl methyl sites for hydroxylation is 1. The zero-order valence-corrected chi connectivity index (χ0v) is 15.8. The van der Waals surface area contributed by atoms with Gasteiger partial charge in [-0.15, -0.1) is 12.4 Å². The lowest BCUT2D eigenvalue weighted by Gasteiger charge is -2.22. The molecule has 0 bridgehead atoms. The van der Waals surface area contributed by atoms with Gasteiger partial charge in [-0.3, -0.25) is 0 Å². The molecule has 2 heteroatoms. The summed E-state index contributed by atoms with van der Waals surface area (Å²) >= 11 is 0. The van der Waals surface area contributed by atoms with Crippen LogP contribution in [-0.4, -0.2) is 0 Å². The number of unbranched alkanes of at least 4 members (excludes halogenated alkanes) is 1. The van der Waals surface area contributed by atoms with Crippen LogP contribution in [0.25, 0.3) is 0 Å². The number of benzene rings is 3. The minimum atomic E-state index is -0.483. The quantitative estimate of drug-likeness (QED) is 0.533. The van der Waals surface area contributed by atoms with Crippen molar-refractivity contribution in [1.29, 1.82) is 0 Å². The second-order valence-electron chi connectivity index (χ2n) is 5.74. The first kappa shape index (κ1) is 18.7. The predicted octanol–water partition coefficient (Wildman–Crippen LogP) is 5.21. The molecule has 0 heterocycles. The van der Waals surface area contributed by atoms with Crippen molar-refractivity contribution in [2.75, 3.05) is 0 Å². The standard InChI is InChI=1S/C22H23P.ClH/c1-2-3-12-19-13-10-11-18-22(19)23(20-14-6-4-7-15-20)21-16-8-5-9-17-21;/h4-11,13-18H,2-3,12H2,1H3;1H. The lowest BCUT2D eigenvalue weighted by Crippen LogP contribution is -2.23. The van der Waals surface area contributed by atoms with Crippen molar-refractivity contribution in [3.8, 4) is 0 Å². The molecular formula is C22H24ClP. The lowest BCUT2D eigenvalue weighted by atomic mass is 10.1. The van der Waals surface area contributed by atoms with Crippen LogP contribution in [-0.2, 0) is 6.42 Å². The molecule has 0 nitrogen and oxygen atoms in total. The molecule has 0 radical (unpaired) electrons. The minimum Gasteiger partial charge on any atom is -0.147 e. The van der Waals surface area contributed by atoms with Crippen LogP contribution in [0.4, 0.5) is 0 Å². The third-order valence-corrected chi connectivity index (χ3v) is 6.61. The molecule has 0 aromatic heterocycles. The maximum atomic E-state index is 2.33. The van der Waals surface area contributed by atoms with Crippen molar-refractivity contribution >= 4 is 36.2 Å². The van der Waals surface area contributed by atoms with Gasteiger partial charge in [-0.2, -0.15) is 0 Å². The Morgan fingerprint density at radius 1 is 0.667 bits per heavy atom. The molecule has 0 N–H and O–H groups in total. The van der Waals surface area contributed by atoms with Gasteiger partial charge in [0.25, 0.3) is 0 Å². The van der Waals surface area contributed by atoms with E-state index < -0.39 is 7.92 Å². The topological polar surface area (TPSA) is 0 Å². The first-order valence-electron chi connectivity index (χ1n) is 8.38. The summed E-state index contributed by atoms with van der Waals surface area (Å²) in [5, 5.41) is 4.36. The number of hydrogen-bond donors (Lipinski definition) is 0. The zero-order valence-electron chi connectivity index (χ0n) is 14.1. The average Bonchev–Trinajstić information content (AvgIpc) is 2.63. The number of halogens is 1. The van der Waals surface area contributed by atoms with Crippen LogP contribution in [0.5, 0.6) is 0 Å². The second kappa shape index (κ2) is 9.62. The Morgan fingerprint density at radius 2 is 1.17 bits per heavy atom. The monoisotopic (exact) mass is 354 g/mol. The largest absolute Gasteiger partial charge is 0.147 e. The Labute approximate surface area is 153 Å². The molecule has 0 atom stereocenters. The summed E-state index contributed by atoms with van der Waals surface area (Å²) in [6.07, 6.45) is 3.66. The fourth-order valence-corrected chi connectivity index (χ4v) is 5.39. The summed E-state index contributed by atoms with van der Waals surface area (Å²) in [4.78, 5) is 0. The van der Waals surface area contributed by atoms with E-state index in [1.165, 1.54) is 40.7 Å². The summed E-state index contributed by atoms with van der Waals surface area (Å²) < 4.78 is 0. The summed E-state index contributed by atoms with van der Waals surface area (Å²) in [6.45, 7) is 2.26. The highest BCUT2D eigenvalue weighted by molar-refractivity contribution is 7.79. The molecule has 124 valence electrons. The molecule has 3 aromatic carbocycles. The Kier molecular flexibility index (Phi) is 7.50. The summed E-state index contributed by atoms with van der Waals surface area (Å²) in [6, 6.07) is 30.9. The Hall–Kier alpha value is -1.62. The van der Waals surface area contributed by atoms with Gasteiger partial charge in [0.1, 0.15) is 0 Å². The van der Waals surface area contributed by atoms with Crippen molar-refractivity contribution in [2.45, 2.75) is 26.2 Å². The summed E-state index contributed by atoms with van der Waals surface area (Å²) in [7, 11) is -0.483. The fraction of sp³-hybridized carbons (Fsp3) is 0.182. The smallest absolute Gasteiger partial charge is 0.0119 e. The van der Waals surface area contributed by atoms with Gasteiger partial charge >= 0.3 is 0 Å². The van der Waals surface area contributed by atoms with Crippen molar-refractivity contribution in [3.63, 3.8) is 0 Å². The molecule has 0 aliphatic heterocycles. The third kappa shape index (κ3) is 4.47. The van der Waals surface area contributed by atoms with Crippen molar-refractivity contribution in [2.24, 2.45) is 0 Å². The SMILES string of the molecule is CCCCc1ccccc1P(c1ccccc1)c1ccccc1.Cl. The van der Waals surface area contributed by atoms with E-state index in [0.717, 1.165) is 0 Å². The average molecular weight is 355 g/mol. The second-order valence-corrected chi connectivity index (χ2v) is 7.92. The molecule has 0 saturated heterocycles. The Morgan fingerprint density at radius 3 is 1.71 bits per heavy atom. The molecule has 24 heavy (non-hydrogen) atoms. The van der Waals surface area contributed by atoms with E-state index in [1.54, 1.807) is 0 Å². The van der Waals surface area contributed by atoms with Crippen molar-refractivity contribution in [3.05, 3.63) is 90.5 Å². The Bertz CT molecular complexity index is 686. The normalized spacial score (nSPS) is 10.4. The highest BCUT2D eigenvalue weighted by atomic mass is 35.5. The van der Waals surface area contributed by atoms with Gasteiger partial charge in [0.05, 0.1) is 0 Å². The highest BCUT2D eigenvalue weighted by Crippen LogP contribution is 2.34. The van der Waals surface area contributed by atoms with Crippen LogP contribution in [0.1, 0.15) is 25.3 Å². The van der Waals surface area contributed by atoms with E-state index in [9.17, 15) is 0 Å². The molecule has 3 aromatic rings. The maximum absolute atomic E-state index is 2.33. The number of hydrogen-bond acceptors (Lipinski definition) is 0. The predicted molar refractivity (Wildman–Crippen MR) is 111 cm³/mol. The molecule has 0 fully saturated rings. The third-order valence-electron chi connectivity index (χ3n) is 4.06. The van der Waals surface area contributed by atoms with Crippen LogP contribution >= 0.6 is 20.3 Å². The van der Waals surface area contributed by atoms with E-state index >= 15 is 0 Å². The molecule has 3 rings (SSSR count). The van der Waals surface area contributed by atoms with Crippen molar-refractivity contribution < 1.29 is 0 Å². The Balaban J connectivity index is 0.00000208. The van der Waals surface area contributed by atoms with E-state index in [4.69, 9.17) is 0 Å². The molecule has 0 amide bonds. The van der Waals surface area contributed by atoms with Crippen LogP contribution in [0.2, 0.25) is 0 Å². The van der Waals surface area contributed by atoms with Gasteiger partial charge in [0.2, 0.25) is 0 Å². The van der Waals surface area contributed by atoms with Crippen LogP contribution < -0.4 is 15.9 Å². The first-order valence-corrected chi connectivity index (χ1v) is 9.72. The van der Waals surface area contributed by atoms with Crippen LogP contribution in [0.3, 0.4) is 0 Å². The van der Waals surface area contributed by atoms with Crippen LogP contribution in [0.15, 0.2) is 84.9 Å². The van der Waals surface area contributed by atoms with E-state index in [-0.39, 0.29) is 12.4 Å². The van der Waals surface area contributed by atoms with Gasteiger partial charge in [0.15, 0.2) is 0 Å². The molecule has 0 aliphatic carbocycles. The highest BCUT2D eigenvalue weighted by Gasteiger charge is 2.18. The van der Waals surface area contributed by atoms with E-state index in [2.05, 4.69) is 91.9 Å². The van der Waals surface area contributed by atoms with E-state index in [1.807, 2.05) is 0 Å². The minimum absolute atomic E-state index is 0. The number of rotatable bonds is 6. The molecule has 0 saturated carbocycles. The zero-order chi connectivity index (χ0) is 15.9. The van der Waals surface area contributed by atoms with Gasteiger partial charge in [-0.05, 0) is 42.2 Å². The van der Waals surface area contributed by atoms with Gasteiger partial charge in [-0.1, -0.05) is 98.3 Å². The fourth-order valence-electron chi connectivity index (χ4n) is 2.89. The van der Waals surface area contributed by atoms with E-state index in [0.29, 0.717) is 0 Å². The summed E-state index contributed by atoms with van der Waals surface area (Å²) in [5.74, 6) is 0. The van der Waals surface area contributed by atoms with Crippen LogP contribution in [0, 0.1) is 0 Å². The molecule has 0 spiro atoms. The summed E-state index contributed by atoms with van der Waals surface area (Å²) in [5.41, 5.74) is 1.51. The van der Waals surface area contributed by atoms with Gasteiger partial charge < -0.3 is 0 Å². The van der Waals surface area contributed by atoms with Gasteiger partial charge in [0, 0.05) is 0 Å². The van der Waals surface area contributed by atoms with Crippen molar-refractivity contribution in [1.82, 2.24) is 0 Å². The van der Waals surface area contributed by atoms with Gasteiger partial charge in [-0.25, -0.2) is 0 Å². The lowest BCUT2D eigenvalue weighted by molar-refractivity contribution is 0.798. The molecular weight excluding hydrogens is 331 g/mol. The molecule has 0 aliphatic rings. The maximum Gasteiger partial charge on any atom is -0.0119 e. The molecule has 0 unspecified atom stereocenters. The first-order chi connectivity index (χ1) is 11.4.